The van der Waals surface area contributed by atoms with E-state index in [1.807, 2.05) is 24.0 Å². The zero-order chi connectivity index (χ0) is 20.0. The molecule has 0 aliphatic rings. The summed E-state index contributed by atoms with van der Waals surface area (Å²) in [5, 5.41) is 10.0. The minimum absolute atomic E-state index is 0.0879. The van der Waals surface area contributed by atoms with Crippen LogP contribution in [0.3, 0.4) is 0 Å². The highest BCUT2D eigenvalue weighted by Crippen LogP contribution is 2.21. The van der Waals surface area contributed by atoms with Gasteiger partial charge >= 0.3 is 5.97 Å². The molecule has 1 aromatic carbocycles. The Kier molecular flexibility index (Phi) is 7.19. The Labute approximate surface area is 160 Å². The first kappa shape index (κ1) is 20.7. The van der Waals surface area contributed by atoms with Gasteiger partial charge in [-0.05, 0) is 45.4 Å². The number of carbonyl (C=O) groups is 2. The van der Waals surface area contributed by atoms with Crippen molar-refractivity contribution in [3.63, 3.8) is 0 Å². The van der Waals surface area contributed by atoms with Gasteiger partial charge in [-0.2, -0.15) is 0 Å². The summed E-state index contributed by atoms with van der Waals surface area (Å²) in [5.41, 5.74) is 2.91. The third kappa shape index (κ3) is 4.98. The normalized spacial score (nSPS) is 11.0. The van der Waals surface area contributed by atoms with Gasteiger partial charge in [0.15, 0.2) is 5.78 Å². The van der Waals surface area contributed by atoms with E-state index in [2.05, 4.69) is 4.98 Å². The van der Waals surface area contributed by atoms with Gasteiger partial charge in [-0.3, -0.25) is 9.69 Å². The Morgan fingerprint density at radius 1 is 1.19 bits per heavy atom. The maximum absolute atomic E-state index is 12.9. The summed E-state index contributed by atoms with van der Waals surface area (Å²) in [6.07, 6.45) is 0.887. The van der Waals surface area contributed by atoms with Crippen LogP contribution in [-0.4, -0.2) is 46.4 Å². The van der Waals surface area contributed by atoms with Gasteiger partial charge < -0.3 is 14.8 Å². The third-order valence-corrected chi connectivity index (χ3v) is 4.49. The second kappa shape index (κ2) is 9.37. The first-order chi connectivity index (χ1) is 12.9. The van der Waals surface area contributed by atoms with Gasteiger partial charge in [0.05, 0.1) is 24.4 Å². The number of aromatic amines is 1. The molecule has 0 bridgehead atoms. The fraction of sp³-hybridized carbons (Fsp3) is 0.429. The van der Waals surface area contributed by atoms with E-state index in [-0.39, 0.29) is 24.7 Å². The molecule has 1 aromatic heterocycles. The summed E-state index contributed by atoms with van der Waals surface area (Å²) < 4.78 is 5.09. The molecule has 6 nitrogen and oxygen atoms in total. The lowest BCUT2D eigenvalue weighted by Gasteiger charge is -2.21. The van der Waals surface area contributed by atoms with Crippen molar-refractivity contribution in [1.82, 2.24) is 9.88 Å². The van der Waals surface area contributed by atoms with Crippen LogP contribution in [0.4, 0.5) is 0 Å². The van der Waals surface area contributed by atoms with Crippen molar-refractivity contribution in [1.29, 1.82) is 0 Å². The Bertz CT molecular complexity index is 811. The van der Waals surface area contributed by atoms with Crippen LogP contribution in [-0.2, 0) is 11.3 Å². The summed E-state index contributed by atoms with van der Waals surface area (Å²) in [6, 6.07) is 7.14. The SMILES string of the molecule is CCCN(CC(=O)c1[nH]c(C)c(C(=O)OCC)c1C)Cc1ccccc1O. The van der Waals surface area contributed by atoms with Crippen LogP contribution < -0.4 is 0 Å². The summed E-state index contributed by atoms with van der Waals surface area (Å²) in [4.78, 5) is 30.1. The fourth-order valence-corrected chi connectivity index (χ4v) is 3.24. The molecule has 27 heavy (non-hydrogen) atoms. The number of nitrogens with zero attached hydrogens (tertiary/aromatic N) is 1. The van der Waals surface area contributed by atoms with Gasteiger partial charge in [-0.1, -0.05) is 25.1 Å². The van der Waals surface area contributed by atoms with E-state index < -0.39 is 5.97 Å². The fourth-order valence-electron chi connectivity index (χ4n) is 3.24. The van der Waals surface area contributed by atoms with Crippen LogP contribution >= 0.6 is 0 Å². The highest BCUT2D eigenvalue weighted by molar-refractivity contribution is 6.02. The number of hydrogen-bond donors (Lipinski definition) is 2. The lowest BCUT2D eigenvalue weighted by Crippen LogP contribution is -2.30. The van der Waals surface area contributed by atoms with Crippen molar-refractivity contribution in [2.24, 2.45) is 0 Å². The van der Waals surface area contributed by atoms with Crippen LogP contribution in [0.2, 0.25) is 0 Å². The van der Waals surface area contributed by atoms with Crippen LogP contribution in [0.15, 0.2) is 24.3 Å². The number of rotatable bonds is 9. The van der Waals surface area contributed by atoms with E-state index in [9.17, 15) is 14.7 Å². The number of H-pyrrole nitrogens is 1. The second-order valence-electron chi connectivity index (χ2n) is 6.61. The van der Waals surface area contributed by atoms with E-state index in [1.165, 1.54) is 0 Å². The van der Waals surface area contributed by atoms with Crippen molar-refractivity contribution >= 4 is 11.8 Å². The number of esters is 1. The lowest BCUT2D eigenvalue weighted by atomic mass is 10.1. The van der Waals surface area contributed by atoms with E-state index in [0.29, 0.717) is 29.1 Å². The number of phenols is 1. The molecule has 2 N–H and O–H groups in total. The molecule has 0 atom stereocenters. The minimum atomic E-state index is -0.414. The number of para-hydroxylation sites is 1. The Balaban J connectivity index is 2.19. The smallest absolute Gasteiger partial charge is 0.340 e. The maximum Gasteiger partial charge on any atom is 0.340 e. The maximum atomic E-state index is 12.9. The summed E-state index contributed by atoms with van der Waals surface area (Å²) in [6.45, 7) is 9.02. The standard InChI is InChI=1S/C21H28N2O4/c1-5-11-23(12-16-9-7-8-10-17(16)24)13-18(25)20-14(3)19(15(4)22-20)21(26)27-6-2/h7-10,22,24H,5-6,11-13H2,1-4H3. The predicted molar refractivity (Wildman–Crippen MR) is 104 cm³/mol. The van der Waals surface area contributed by atoms with Crippen LogP contribution in [0.25, 0.3) is 0 Å². The van der Waals surface area contributed by atoms with E-state index in [4.69, 9.17) is 4.74 Å². The number of benzene rings is 1. The molecular formula is C21H28N2O4. The highest BCUT2D eigenvalue weighted by atomic mass is 16.5. The van der Waals surface area contributed by atoms with Crippen LogP contribution in [0, 0.1) is 13.8 Å². The zero-order valence-electron chi connectivity index (χ0n) is 16.5. The molecule has 6 heteroatoms. The molecule has 0 radical (unpaired) electrons. The van der Waals surface area contributed by atoms with Crippen molar-refractivity contribution < 1.29 is 19.4 Å². The number of Topliss-reactive ketones (excluding diaryl/α,β-unsaturated/α-hetero) is 1. The zero-order valence-corrected chi connectivity index (χ0v) is 16.5. The van der Waals surface area contributed by atoms with Crippen molar-refractivity contribution in [3.05, 3.63) is 52.3 Å². The first-order valence-corrected chi connectivity index (χ1v) is 9.27. The third-order valence-electron chi connectivity index (χ3n) is 4.49. The summed E-state index contributed by atoms with van der Waals surface area (Å²) in [5.74, 6) is -0.278. The van der Waals surface area contributed by atoms with Gasteiger partial charge in [-0.15, -0.1) is 0 Å². The van der Waals surface area contributed by atoms with Crippen LogP contribution in [0.1, 0.15) is 57.9 Å². The van der Waals surface area contributed by atoms with Gasteiger partial charge in [0.2, 0.25) is 0 Å². The lowest BCUT2D eigenvalue weighted by molar-refractivity contribution is 0.0525. The molecule has 0 fully saturated rings. The average molecular weight is 372 g/mol. The van der Waals surface area contributed by atoms with Crippen molar-refractivity contribution in [2.75, 3.05) is 19.7 Å². The molecule has 146 valence electrons. The van der Waals surface area contributed by atoms with E-state index >= 15 is 0 Å². The number of carbonyl (C=O) groups excluding carboxylic acids is 2. The Morgan fingerprint density at radius 3 is 2.52 bits per heavy atom. The summed E-state index contributed by atoms with van der Waals surface area (Å²) in [7, 11) is 0. The predicted octanol–water partition coefficient (Wildman–Crippen LogP) is 3.61. The second-order valence-corrected chi connectivity index (χ2v) is 6.61. The van der Waals surface area contributed by atoms with Gasteiger partial charge in [0.1, 0.15) is 5.75 Å². The Morgan fingerprint density at radius 2 is 1.89 bits per heavy atom. The number of phenolic OH excluding ortho intramolecular Hbond substituents is 1. The van der Waals surface area contributed by atoms with Crippen molar-refractivity contribution in [3.8, 4) is 5.75 Å². The number of aromatic nitrogens is 1. The molecule has 0 aliphatic heterocycles. The molecule has 0 amide bonds. The number of nitrogens with one attached hydrogen (secondary N) is 1. The molecule has 1 heterocycles. The molecule has 0 saturated carbocycles. The van der Waals surface area contributed by atoms with E-state index in [0.717, 1.165) is 18.5 Å². The number of ether oxygens (including phenoxy) is 1. The molecule has 0 saturated heterocycles. The number of hydrogen-bond acceptors (Lipinski definition) is 5. The monoisotopic (exact) mass is 372 g/mol. The molecule has 0 aliphatic carbocycles. The van der Waals surface area contributed by atoms with Gasteiger partial charge in [0, 0.05) is 17.8 Å². The Hall–Kier alpha value is -2.60. The molecule has 2 aromatic rings. The quantitative estimate of drug-likeness (QED) is 0.519. The average Bonchev–Trinajstić information content (AvgIpc) is 2.92. The first-order valence-electron chi connectivity index (χ1n) is 9.27. The topological polar surface area (TPSA) is 82.6 Å². The number of aromatic hydroxyl groups is 1. The highest BCUT2D eigenvalue weighted by Gasteiger charge is 2.24. The van der Waals surface area contributed by atoms with Crippen molar-refractivity contribution in [2.45, 2.75) is 40.7 Å². The minimum Gasteiger partial charge on any atom is -0.508 e. The number of aryl methyl sites for hydroxylation is 1. The van der Waals surface area contributed by atoms with Crippen LogP contribution in [0.5, 0.6) is 5.75 Å². The van der Waals surface area contributed by atoms with Gasteiger partial charge in [0.25, 0.3) is 0 Å². The molecule has 2 rings (SSSR count). The summed E-state index contributed by atoms with van der Waals surface area (Å²) >= 11 is 0. The van der Waals surface area contributed by atoms with E-state index in [1.54, 1.807) is 32.9 Å². The largest absolute Gasteiger partial charge is 0.508 e. The van der Waals surface area contributed by atoms with Gasteiger partial charge in [-0.25, -0.2) is 4.79 Å². The number of ketones is 1. The molecular weight excluding hydrogens is 344 g/mol. The molecule has 0 spiro atoms. The molecule has 0 unspecified atom stereocenters.